The molecule has 0 nitrogen and oxygen atoms in total. The van der Waals surface area contributed by atoms with E-state index in [9.17, 15) is 0 Å². The number of hydrogen-bond acceptors (Lipinski definition) is 0. The van der Waals surface area contributed by atoms with Crippen molar-refractivity contribution in [3.8, 4) is 0 Å². The van der Waals surface area contributed by atoms with E-state index in [1.807, 2.05) is 0 Å². The Balaban J connectivity index is -0.00000000500. The minimum absolute atomic E-state index is 0. The molecule has 6 heavy (non-hydrogen) atoms. The molecule has 0 amide bonds. The molecule has 0 unspecified atom stereocenters. The maximum atomic E-state index is 3.00. The summed E-state index contributed by atoms with van der Waals surface area (Å²) in [6.45, 7) is 12.0. The Bertz CT molecular complexity index is 7.51. The van der Waals surface area contributed by atoms with E-state index in [1.165, 1.54) is 0 Å². The van der Waals surface area contributed by atoms with Gasteiger partial charge < -0.3 is 0 Å². The zero-order valence-electron chi connectivity index (χ0n) is 4.83. The summed E-state index contributed by atoms with van der Waals surface area (Å²) >= 11 is 0. The molecule has 0 rings (SSSR count). The molecule has 26 valence electrons. The normalized spacial score (nSPS) is 1.33. The molecule has 0 aliphatic carbocycles. The van der Waals surface area contributed by atoms with Crippen LogP contribution in [0.1, 0.15) is 0 Å². The second-order valence-corrected chi connectivity index (χ2v) is 0. The molecule has 0 saturated heterocycles. The van der Waals surface area contributed by atoms with Gasteiger partial charge in [-0.05, 0) is 0 Å². The molecule has 0 spiro atoms. The molecule has 0 aliphatic rings. The minimum Gasteiger partial charge on any atom is -0.106 e. The Hall–Kier alpha value is 1.48. The maximum Gasteiger partial charge on any atom is 0 e. The maximum absolute atomic E-state index is 3.00. The first kappa shape index (κ1) is 25.9. The van der Waals surface area contributed by atoms with E-state index >= 15 is 0 Å². The van der Waals surface area contributed by atoms with Crippen molar-refractivity contribution in [1.82, 2.24) is 0 Å². The van der Waals surface area contributed by atoms with Crippen molar-refractivity contribution in [3.63, 3.8) is 0 Å². The van der Waals surface area contributed by atoms with Crippen molar-refractivity contribution in [2.45, 2.75) is 0 Å². The van der Waals surface area contributed by atoms with Crippen LogP contribution in [0.2, 0.25) is 0 Å². The van der Waals surface area contributed by atoms with Crippen molar-refractivity contribution in [2.75, 3.05) is 0 Å². The first-order valence-electron chi connectivity index (χ1n) is 1.000. The van der Waals surface area contributed by atoms with Crippen LogP contribution in [0.3, 0.4) is 0 Å². The van der Waals surface area contributed by atoms with Gasteiger partial charge in [0, 0.05) is 59.1 Å². The van der Waals surface area contributed by atoms with E-state index in [2.05, 4.69) is 26.3 Å². The molecule has 0 atom stereocenters. The Labute approximate surface area is 84.3 Å². The summed E-state index contributed by atoms with van der Waals surface area (Å²) in [6, 6.07) is 0. The summed E-state index contributed by atoms with van der Waals surface area (Å²) < 4.78 is 0. The van der Waals surface area contributed by atoms with Crippen molar-refractivity contribution in [1.29, 1.82) is 0 Å². The van der Waals surface area contributed by atoms with Crippen LogP contribution in [-0.2, 0) is 0 Å². The van der Waals surface area contributed by atoms with Crippen LogP contribution in [0.4, 0.5) is 0 Å². The first-order chi connectivity index (χ1) is 2.00. The van der Waals surface area contributed by atoms with E-state index in [-0.39, 0.29) is 59.1 Å². The molecule has 2 heteroatoms. The van der Waals surface area contributed by atoms with Gasteiger partial charge in [-0.15, -0.1) is 26.3 Å². The van der Waals surface area contributed by atoms with Gasteiger partial charge in [0.1, 0.15) is 0 Å². The van der Waals surface area contributed by atoms with Gasteiger partial charge in [0.05, 0.1) is 0 Å². The molecule has 0 fully saturated rings. The largest absolute Gasteiger partial charge is 0.106 e. The van der Waals surface area contributed by atoms with E-state index < -0.39 is 0 Å². The van der Waals surface area contributed by atoms with Crippen LogP contribution in [0.25, 0.3) is 0 Å². The smallest absolute Gasteiger partial charge is 0 e. The summed E-state index contributed by atoms with van der Waals surface area (Å²) in [7, 11) is 0. The van der Waals surface area contributed by atoms with Crippen molar-refractivity contribution in [2.24, 2.45) is 0 Å². The Morgan fingerprint density at radius 2 is 0.500 bits per heavy atom. The molecular formula is C4H8Na2. The van der Waals surface area contributed by atoms with Gasteiger partial charge in [0.2, 0.25) is 0 Å². The van der Waals surface area contributed by atoms with Crippen LogP contribution < -0.4 is 0 Å². The topological polar surface area (TPSA) is 0 Å². The zero-order chi connectivity index (χ0) is 4.00. The van der Waals surface area contributed by atoms with Crippen LogP contribution >= 0.6 is 0 Å². The summed E-state index contributed by atoms with van der Waals surface area (Å²) in [4.78, 5) is 0. The third kappa shape index (κ3) is 50.2. The van der Waals surface area contributed by atoms with Crippen molar-refractivity contribution >= 4 is 59.1 Å². The standard InChI is InChI=1S/2C2H4.2Na/c2*1-2;;/h2*1-2H2;;. The summed E-state index contributed by atoms with van der Waals surface area (Å²) in [5.41, 5.74) is 0. The van der Waals surface area contributed by atoms with E-state index in [0.717, 1.165) is 0 Å². The monoisotopic (exact) mass is 102 g/mol. The van der Waals surface area contributed by atoms with E-state index in [1.54, 1.807) is 0 Å². The van der Waals surface area contributed by atoms with Crippen LogP contribution in [0.15, 0.2) is 26.3 Å². The second kappa shape index (κ2) is 88.8. The predicted octanol–water partition coefficient (Wildman–Crippen LogP) is 0.843. The average Bonchev–Trinajstić information content (AvgIpc) is 1.50. The summed E-state index contributed by atoms with van der Waals surface area (Å²) in [6.07, 6.45) is 0. The molecule has 0 N–H and O–H groups in total. The molecule has 0 saturated carbocycles. The van der Waals surface area contributed by atoms with E-state index in [0.29, 0.717) is 0 Å². The van der Waals surface area contributed by atoms with Gasteiger partial charge in [-0.25, -0.2) is 0 Å². The Kier molecular flexibility index (Phi) is 384. The molecule has 2 radical (unpaired) electrons. The Morgan fingerprint density at radius 1 is 0.500 bits per heavy atom. The predicted molar refractivity (Wildman–Crippen MR) is 34.0 cm³/mol. The van der Waals surface area contributed by atoms with Gasteiger partial charge in [0.25, 0.3) is 0 Å². The molecular weight excluding hydrogens is 94.0 g/mol. The average molecular weight is 102 g/mol. The summed E-state index contributed by atoms with van der Waals surface area (Å²) in [5, 5.41) is 0. The minimum atomic E-state index is 0. The number of rotatable bonds is 0. The van der Waals surface area contributed by atoms with E-state index in [4.69, 9.17) is 0 Å². The van der Waals surface area contributed by atoms with Crippen molar-refractivity contribution < 1.29 is 0 Å². The fourth-order valence-electron chi connectivity index (χ4n) is 0. The van der Waals surface area contributed by atoms with Crippen molar-refractivity contribution in [3.05, 3.63) is 26.3 Å². The van der Waals surface area contributed by atoms with Gasteiger partial charge in [-0.1, -0.05) is 0 Å². The fraction of sp³-hybridized carbons (Fsp3) is 0. The molecule has 0 bridgehead atoms. The molecule has 0 aromatic heterocycles. The molecule has 0 aromatic rings. The van der Waals surface area contributed by atoms with Gasteiger partial charge in [-0.3, -0.25) is 0 Å². The number of hydrogen-bond donors (Lipinski definition) is 0. The quantitative estimate of drug-likeness (QED) is 0.314. The molecule has 0 heterocycles. The Morgan fingerprint density at radius 3 is 0.500 bits per heavy atom. The zero-order valence-corrected chi connectivity index (χ0v) is 8.83. The third-order valence-corrected chi connectivity index (χ3v) is 0. The molecule has 0 aromatic carbocycles. The SMILES string of the molecule is C=C.C=C.[Na].[Na]. The molecule has 0 aliphatic heterocycles. The van der Waals surface area contributed by atoms with Crippen LogP contribution in [0.5, 0.6) is 0 Å². The van der Waals surface area contributed by atoms with Crippen LogP contribution in [-0.4, -0.2) is 59.1 Å². The summed E-state index contributed by atoms with van der Waals surface area (Å²) in [5.74, 6) is 0. The fourth-order valence-corrected chi connectivity index (χ4v) is 0. The first-order valence-corrected chi connectivity index (χ1v) is 1.000. The second-order valence-electron chi connectivity index (χ2n) is 0. The van der Waals surface area contributed by atoms with Gasteiger partial charge >= 0.3 is 0 Å². The van der Waals surface area contributed by atoms with Crippen LogP contribution in [0, 0.1) is 0 Å². The third-order valence-electron chi connectivity index (χ3n) is 0. The van der Waals surface area contributed by atoms with Gasteiger partial charge in [0.15, 0.2) is 0 Å². The van der Waals surface area contributed by atoms with Gasteiger partial charge in [-0.2, -0.15) is 0 Å².